The average Bonchev–Trinajstić information content (AvgIpc) is 2.62. The zero-order chi connectivity index (χ0) is 17.8. The summed E-state index contributed by atoms with van der Waals surface area (Å²) in [5, 5.41) is 1.20. The minimum absolute atomic E-state index is 0.106. The smallest absolute Gasteiger partial charge is 0.223 e. The molecule has 0 aliphatic carbocycles. The Labute approximate surface area is 156 Å². The quantitative estimate of drug-likeness (QED) is 0.783. The Kier molecular flexibility index (Phi) is 5.82. The summed E-state index contributed by atoms with van der Waals surface area (Å²) in [7, 11) is 0. The van der Waals surface area contributed by atoms with Gasteiger partial charge < -0.3 is 9.80 Å². The first-order valence-electron chi connectivity index (χ1n) is 8.26. The monoisotopic (exact) mass is 380 g/mol. The lowest BCUT2D eigenvalue weighted by molar-refractivity contribution is -0.131. The summed E-state index contributed by atoms with van der Waals surface area (Å²) in [5.74, 6) is -0.134. The van der Waals surface area contributed by atoms with Gasteiger partial charge in [-0.25, -0.2) is 4.39 Å². The van der Waals surface area contributed by atoms with Gasteiger partial charge in [0.15, 0.2) is 0 Å². The van der Waals surface area contributed by atoms with Crippen molar-refractivity contribution in [2.75, 3.05) is 31.1 Å². The number of carbonyl (C=O) groups excluding carboxylic acids is 1. The van der Waals surface area contributed by atoms with Crippen molar-refractivity contribution in [1.29, 1.82) is 0 Å². The molecule has 3 rings (SSSR count). The molecule has 0 atom stereocenters. The Bertz CT molecular complexity index is 723. The first-order chi connectivity index (χ1) is 12.0. The normalized spacial score (nSPS) is 14.7. The molecule has 1 aliphatic heterocycles. The van der Waals surface area contributed by atoms with Crippen molar-refractivity contribution in [3.05, 3.63) is 63.9 Å². The third kappa shape index (κ3) is 4.44. The number of anilines is 1. The minimum Gasteiger partial charge on any atom is -0.368 e. The van der Waals surface area contributed by atoms with Gasteiger partial charge in [-0.15, -0.1) is 0 Å². The maximum absolute atomic E-state index is 13.0. The SMILES string of the molecule is O=C(CCc1c(Cl)cccc1Cl)N1CCN(c2ccc(F)cc2)CC1. The third-order valence-electron chi connectivity index (χ3n) is 4.47. The molecule has 0 saturated carbocycles. The van der Waals surface area contributed by atoms with E-state index in [-0.39, 0.29) is 11.7 Å². The van der Waals surface area contributed by atoms with Crippen LogP contribution in [0.5, 0.6) is 0 Å². The summed E-state index contributed by atoms with van der Waals surface area (Å²) in [6, 6.07) is 11.8. The molecular formula is C19H19Cl2FN2O. The number of hydrogen-bond donors (Lipinski definition) is 0. The van der Waals surface area contributed by atoms with Crippen LogP contribution in [0.4, 0.5) is 10.1 Å². The lowest BCUT2D eigenvalue weighted by Gasteiger charge is -2.36. The topological polar surface area (TPSA) is 23.6 Å². The Morgan fingerprint density at radius 3 is 2.16 bits per heavy atom. The Balaban J connectivity index is 1.52. The number of nitrogens with zero attached hydrogens (tertiary/aromatic N) is 2. The highest BCUT2D eigenvalue weighted by Gasteiger charge is 2.21. The summed E-state index contributed by atoms with van der Waals surface area (Å²) < 4.78 is 13.0. The standard InChI is InChI=1S/C19H19Cl2FN2O/c20-17-2-1-3-18(21)16(17)8-9-19(25)24-12-10-23(11-13-24)15-6-4-14(22)5-7-15/h1-7H,8-13H2. The number of piperazine rings is 1. The predicted molar refractivity (Wildman–Crippen MR) is 100.0 cm³/mol. The first kappa shape index (κ1) is 18.0. The average molecular weight is 381 g/mol. The van der Waals surface area contributed by atoms with Gasteiger partial charge in [-0.1, -0.05) is 29.3 Å². The molecule has 25 heavy (non-hydrogen) atoms. The summed E-state index contributed by atoms with van der Waals surface area (Å²) in [4.78, 5) is 16.5. The van der Waals surface area contributed by atoms with Gasteiger partial charge in [0, 0.05) is 48.3 Å². The highest BCUT2D eigenvalue weighted by atomic mass is 35.5. The van der Waals surface area contributed by atoms with Crippen LogP contribution in [0.1, 0.15) is 12.0 Å². The Hall–Kier alpha value is -1.78. The first-order valence-corrected chi connectivity index (χ1v) is 9.01. The molecule has 6 heteroatoms. The van der Waals surface area contributed by atoms with E-state index in [1.165, 1.54) is 12.1 Å². The van der Waals surface area contributed by atoms with Crippen LogP contribution < -0.4 is 4.90 Å². The van der Waals surface area contributed by atoms with E-state index in [2.05, 4.69) is 4.90 Å². The van der Waals surface area contributed by atoms with Crippen molar-refractivity contribution in [2.24, 2.45) is 0 Å². The summed E-state index contributed by atoms with van der Waals surface area (Å²) in [6.45, 7) is 2.80. The number of halogens is 3. The lowest BCUT2D eigenvalue weighted by Crippen LogP contribution is -2.48. The molecule has 1 saturated heterocycles. The predicted octanol–water partition coefficient (Wildman–Crippen LogP) is 4.41. The summed E-state index contributed by atoms with van der Waals surface area (Å²) in [6.07, 6.45) is 0.926. The van der Waals surface area contributed by atoms with Gasteiger partial charge in [0.1, 0.15) is 5.82 Å². The van der Waals surface area contributed by atoms with Gasteiger partial charge >= 0.3 is 0 Å². The van der Waals surface area contributed by atoms with Crippen LogP contribution in [0.25, 0.3) is 0 Å². The van der Waals surface area contributed by atoms with Gasteiger partial charge in [-0.2, -0.15) is 0 Å². The summed E-state index contributed by atoms with van der Waals surface area (Å²) >= 11 is 12.3. The molecule has 0 unspecified atom stereocenters. The molecule has 0 N–H and O–H groups in total. The van der Waals surface area contributed by atoms with Crippen molar-refractivity contribution in [3.8, 4) is 0 Å². The fourth-order valence-electron chi connectivity index (χ4n) is 3.03. The molecule has 132 valence electrons. The lowest BCUT2D eigenvalue weighted by atomic mass is 10.1. The molecule has 2 aromatic rings. The number of benzene rings is 2. The van der Waals surface area contributed by atoms with Crippen LogP contribution in [0, 0.1) is 5.82 Å². The van der Waals surface area contributed by atoms with E-state index in [4.69, 9.17) is 23.2 Å². The van der Waals surface area contributed by atoms with E-state index in [0.29, 0.717) is 36.0 Å². The molecule has 0 aromatic heterocycles. The molecule has 1 amide bonds. The zero-order valence-corrected chi connectivity index (χ0v) is 15.2. The number of carbonyl (C=O) groups is 1. The number of rotatable bonds is 4. The zero-order valence-electron chi connectivity index (χ0n) is 13.7. The van der Waals surface area contributed by atoms with E-state index >= 15 is 0 Å². The Morgan fingerprint density at radius 1 is 0.960 bits per heavy atom. The van der Waals surface area contributed by atoms with Crippen molar-refractivity contribution in [3.63, 3.8) is 0 Å². The van der Waals surface area contributed by atoms with Crippen LogP contribution in [-0.4, -0.2) is 37.0 Å². The van der Waals surface area contributed by atoms with E-state index in [1.807, 2.05) is 4.90 Å². The van der Waals surface area contributed by atoms with Crippen LogP contribution in [0.3, 0.4) is 0 Å². The van der Waals surface area contributed by atoms with E-state index in [9.17, 15) is 9.18 Å². The van der Waals surface area contributed by atoms with Gasteiger partial charge in [0.05, 0.1) is 0 Å². The van der Waals surface area contributed by atoms with Crippen molar-refractivity contribution >= 4 is 34.8 Å². The van der Waals surface area contributed by atoms with E-state index < -0.39 is 0 Å². The molecule has 0 bridgehead atoms. The molecule has 2 aromatic carbocycles. The van der Waals surface area contributed by atoms with Gasteiger partial charge in [-0.05, 0) is 48.4 Å². The van der Waals surface area contributed by atoms with Crippen LogP contribution >= 0.6 is 23.2 Å². The van der Waals surface area contributed by atoms with Crippen LogP contribution in [-0.2, 0) is 11.2 Å². The minimum atomic E-state index is -0.240. The highest BCUT2D eigenvalue weighted by Crippen LogP contribution is 2.26. The molecular weight excluding hydrogens is 362 g/mol. The van der Waals surface area contributed by atoms with Gasteiger partial charge in [0.25, 0.3) is 0 Å². The molecule has 1 fully saturated rings. The molecule has 0 radical (unpaired) electrons. The molecule has 0 spiro atoms. The maximum Gasteiger partial charge on any atom is 0.223 e. The molecule has 1 aliphatic rings. The summed E-state index contributed by atoms with van der Waals surface area (Å²) in [5.41, 5.74) is 1.81. The van der Waals surface area contributed by atoms with E-state index in [0.717, 1.165) is 24.3 Å². The fraction of sp³-hybridized carbons (Fsp3) is 0.316. The highest BCUT2D eigenvalue weighted by molar-refractivity contribution is 6.36. The number of amides is 1. The fourth-order valence-corrected chi connectivity index (χ4v) is 3.61. The van der Waals surface area contributed by atoms with Gasteiger partial charge in [0.2, 0.25) is 5.91 Å². The van der Waals surface area contributed by atoms with Gasteiger partial charge in [-0.3, -0.25) is 4.79 Å². The van der Waals surface area contributed by atoms with Crippen LogP contribution in [0.2, 0.25) is 10.0 Å². The Morgan fingerprint density at radius 2 is 1.56 bits per heavy atom. The number of hydrogen-bond acceptors (Lipinski definition) is 2. The maximum atomic E-state index is 13.0. The second-order valence-electron chi connectivity index (χ2n) is 6.04. The second kappa shape index (κ2) is 8.07. The second-order valence-corrected chi connectivity index (χ2v) is 6.86. The van der Waals surface area contributed by atoms with Crippen LogP contribution in [0.15, 0.2) is 42.5 Å². The van der Waals surface area contributed by atoms with E-state index in [1.54, 1.807) is 30.3 Å². The molecule has 3 nitrogen and oxygen atoms in total. The van der Waals surface area contributed by atoms with Crippen molar-refractivity contribution in [1.82, 2.24) is 4.90 Å². The van der Waals surface area contributed by atoms with Crippen molar-refractivity contribution in [2.45, 2.75) is 12.8 Å². The molecule has 1 heterocycles. The third-order valence-corrected chi connectivity index (χ3v) is 5.18. The largest absolute Gasteiger partial charge is 0.368 e. The van der Waals surface area contributed by atoms with Crippen molar-refractivity contribution < 1.29 is 9.18 Å².